The van der Waals surface area contributed by atoms with E-state index < -0.39 is 74.6 Å². The topological polar surface area (TPSA) is 207 Å². The fraction of sp³-hybridized carbons (Fsp3) is 0.667. The van der Waals surface area contributed by atoms with Gasteiger partial charge in [0.25, 0.3) is 0 Å². The highest BCUT2D eigenvalue weighted by atomic mass is 16.7. The van der Waals surface area contributed by atoms with Gasteiger partial charge in [-0.1, -0.05) is 0 Å². The first kappa shape index (κ1) is 23.7. The zero-order chi connectivity index (χ0) is 22.7. The lowest BCUT2D eigenvalue weighted by Crippen LogP contribution is -2.65. The molecule has 2 fully saturated rings. The van der Waals surface area contributed by atoms with Crippen molar-refractivity contribution in [3.05, 3.63) is 29.2 Å². The Balaban J connectivity index is 1.70. The quantitative estimate of drug-likeness (QED) is 0.221. The largest absolute Gasteiger partial charge is 0.462 e. The highest BCUT2D eigenvalue weighted by Crippen LogP contribution is 2.30. The Labute approximate surface area is 176 Å². The van der Waals surface area contributed by atoms with Crippen molar-refractivity contribution in [2.75, 3.05) is 13.2 Å². The van der Waals surface area contributed by atoms with Crippen LogP contribution in [0.3, 0.4) is 0 Å². The van der Waals surface area contributed by atoms with Crippen molar-refractivity contribution in [1.82, 2.24) is 0 Å². The lowest BCUT2D eigenvalue weighted by atomic mass is 9.97. The van der Waals surface area contributed by atoms with E-state index in [4.69, 9.17) is 24.3 Å². The SMILES string of the molecule is N#[N+]c1ccc(O[C@@H]2O[C@H](CO)[C@@H](O[C@@H]3O[C@H](CO)[C@H](O)[C@H](O)[C@H]3O)[C@H](O)[C@H]2O)cc1. The molecule has 0 unspecified atom stereocenters. The molecular formula is C18H25N2O11+. The van der Waals surface area contributed by atoms with Crippen LogP contribution in [0, 0.1) is 5.39 Å². The Hall–Kier alpha value is -1.96. The van der Waals surface area contributed by atoms with Crippen LogP contribution in [0.1, 0.15) is 0 Å². The fourth-order valence-electron chi connectivity index (χ4n) is 3.38. The number of nitrogens with zero attached hydrogens (tertiary/aromatic N) is 2. The second-order valence-electron chi connectivity index (χ2n) is 7.22. The van der Waals surface area contributed by atoms with Gasteiger partial charge in [-0.3, -0.25) is 0 Å². The molecule has 13 nitrogen and oxygen atoms in total. The summed E-state index contributed by atoms with van der Waals surface area (Å²) in [5.74, 6) is 0.216. The van der Waals surface area contributed by atoms with E-state index in [-0.39, 0.29) is 11.4 Å². The molecule has 0 saturated carbocycles. The second-order valence-corrected chi connectivity index (χ2v) is 7.22. The Morgan fingerprint density at radius 3 is 1.94 bits per heavy atom. The van der Waals surface area contributed by atoms with Crippen LogP contribution in [0.5, 0.6) is 5.75 Å². The highest BCUT2D eigenvalue weighted by Gasteiger charge is 2.51. The van der Waals surface area contributed by atoms with Crippen LogP contribution in [-0.2, 0) is 14.2 Å². The van der Waals surface area contributed by atoms with Crippen molar-refractivity contribution >= 4 is 5.69 Å². The van der Waals surface area contributed by atoms with Gasteiger partial charge in [-0.2, -0.15) is 0 Å². The van der Waals surface area contributed by atoms with E-state index in [0.717, 1.165) is 0 Å². The molecule has 2 heterocycles. The molecule has 0 aromatic heterocycles. The molecule has 0 radical (unpaired) electrons. The van der Waals surface area contributed by atoms with Gasteiger partial charge in [0.15, 0.2) is 11.3 Å². The van der Waals surface area contributed by atoms with E-state index in [1.54, 1.807) is 0 Å². The number of aliphatic hydroxyl groups excluding tert-OH is 7. The normalized spacial score (nSPS) is 40.8. The summed E-state index contributed by atoms with van der Waals surface area (Å²) in [5.41, 5.74) is 0.263. The fourth-order valence-corrected chi connectivity index (χ4v) is 3.38. The molecule has 13 heteroatoms. The molecule has 0 amide bonds. The minimum atomic E-state index is -1.74. The van der Waals surface area contributed by atoms with Crippen molar-refractivity contribution in [2.45, 2.75) is 61.4 Å². The average molecular weight is 445 g/mol. The number of rotatable bonds is 6. The minimum absolute atomic E-state index is 0.216. The van der Waals surface area contributed by atoms with E-state index in [1.807, 2.05) is 0 Å². The summed E-state index contributed by atoms with van der Waals surface area (Å²) in [6.07, 6.45) is -15.3. The smallest absolute Gasteiger partial charge is 0.385 e. The maximum atomic E-state index is 10.5. The number of hydrogen-bond donors (Lipinski definition) is 7. The molecule has 1 aromatic rings. The van der Waals surface area contributed by atoms with Crippen molar-refractivity contribution in [3.8, 4) is 5.75 Å². The number of hydrogen-bond acceptors (Lipinski definition) is 12. The van der Waals surface area contributed by atoms with Crippen LogP contribution in [-0.4, -0.2) is 110 Å². The molecule has 2 saturated heterocycles. The van der Waals surface area contributed by atoms with Gasteiger partial charge >= 0.3 is 5.69 Å². The van der Waals surface area contributed by atoms with Crippen molar-refractivity contribution in [2.24, 2.45) is 0 Å². The van der Waals surface area contributed by atoms with Crippen LogP contribution in [0.4, 0.5) is 5.69 Å². The Morgan fingerprint density at radius 1 is 0.774 bits per heavy atom. The molecule has 172 valence electrons. The van der Waals surface area contributed by atoms with Crippen molar-refractivity contribution < 1.29 is 54.7 Å². The van der Waals surface area contributed by atoms with Crippen LogP contribution in [0.25, 0.3) is 4.98 Å². The molecule has 31 heavy (non-hydrogen) atoms. The van der Waals surface area contributed by atoms with Gasteiger partial charge in [0.2, 0.25) is 11.7 Å². The molecule has 0 bridgehead atoms. The molecule has 3 rings (SSSR count). The predicted molar refractivity (Wildman–Crippen MR) is 98.2 cm³/mol. The first-order chi connectivity index (χ1) is 14.8. The van der Waals surface area contributed by atoms with Gasteiger partial charge in [0, 0.05) is 12.1 Å². The van der Waals surface area contributed by atoms with E-state index in [0.29, 0.717) is 0 Å². The first-order valence-electron chi connectivity index (χ1n) is 9.51. The van der Waals surface area contributed by atoms with E-state index in [2.05, 4.69) is 4.98 Å². The van der Waals surface area contributed by atoms with E-state index in [9.17, 15) is 35.7 Å². The number of benzene rings is 1. The first-order valence-corrected chi connectivity index (χ1v) is 9.51. The van der Waals surface area contributed by atoms with E-state index >= 15 is 0 Å². The van der Waals surface area contributed by atoms with Gasteiger partial charge in [-0.05, 0) is 12.1 Å². The van der Waals surface area contributed by atoms with Crippen molar-refractivity contribution in [3.63, 3.8) is 0 Å². The lowest BCUT2D eigenvalue weighted by Gasteiger charge is -2.45. The third-order valence-corrected chi connectivity index (χ3v) is 5.16. The summed E-state index contributed by atoms with van der Waals surface area (Å²) in [7, 11) is 0. The number of ether oxygens (including phenoxy) is 4. The minimum Gasteiger partial charge on any atom is -0.462 e. The maximum absolute atomic E-state index is 10.5. The second kappa shape index (κ2) is 10.1. The summed E-state index contributed by atoms with van der Waals surface area (Å²) in [5, 5.41) is 78.4. The van der Waals surface area contributed by atoms with Gasteiger partial charge in [0.1, 0.15) is 54.6 Å². The van der Waals surface area contributed by atoms with Gasteiger partial charge in [0.05, 0.1) is 13.2 Å². The standard InChI is InChI=1S/C18H25N2O11/c19-20-7-1-3-8(4-2-7)28-17-15(27)13(25)16(10(6-22)30-17)31-18-14(26)12(24)11(23)9(5-21)29-18/h1-4,9-18,21-27H,5-6H2/q+1/t9-,10-,11+,12+,13-,14-,15-,16-,17-,18+/m1/s1. The molecule has 10 atom stereocenters. The molecule has 2 aliphatic rings. The zero-order valence-electron chi connectivity index (χ0n) is 16.2. The molecule has 0 spiro atoms. The monoisotopic (exact) mass is 445 g/mol. The zero-order valence-corrected chi connectivity index (χ0v) is 16.2. The van der Waals surface area contributed by atoms with Crippen LogP contribution >= 0.6 is 0 Å². The Bertz CT molecular complexity index is 756. The summed E-state index contributed by atoms with van der Waals surface area (Å²) in [6.45, 7) is -1.35. The maximum Gasteiger partial charge on any atom is 0.385 e. The molecule has 1 aromatic carbocycles. The average Bonchev–Trinajstić information content (AvgIpc) is 2.79. The van der Waals surface area contributed by atoms with Crippen molar-refractivity contribution in [1.29, 1.82) is 5.39 Å². The lowest BCUT2D eigenvalue weighted by molar-refractivity contribution is -0.352. The molecule has 0 aliphatic carbocycles. The summed E-state index contributed by atoms with van der Waals surface area (Å²) >= 11 is 0. The molecule has 7 N–H and O–H groups in total. The number of diazo groups is 1. The van der Waals surface area contributed by atoms with Gasteiger partial charge in [-0.25, -0.2) is 0 Å². The summed E-state index contributed by atoms with van der Waals surface area (Å²) < 4.78 is 21.7. The summed E-state index contributed by atoms with van der Waals surface area (Å²) in [6, 6.07) is 5.72. The highest BCUT2D eigenvalue weighted by molar-refractivity contribution is 5.46. The number of aliphatic hydroxyl groups is 7. The van der Waals surface area contributed by atoms with Gasteiger partial charge < -0.3 is 54.7 Å². The van der Waals surface area contributed by atoms with Crippen LogP contribution in [0.2, 0.25) is 0 Å². The molecular weight excluding hydrogens is 420 g/mol. The van der Waals surface area contributed by atoms with Crippen LogP contribution in [0.15, 0.2) is 24.3 Å². The summed E-state index contributed by atoms with van der Waals surface area (Å²) in [4.78, 5) is 3.00. The van der Waals surface area contributed by atoms with Crippen LogP contribution < -0.4 is 4.74 Å². The predicted octanol–water partition coefficient (Wildman–Crippen LogP) is -2.83. The third kappa shape index (κ3) is 4.94. The Morgan fingerprint density at radius 2 is 1.35 bits per heavy atom. The van der Waals surface area contributed by atoms with E-state index in [1.165, 1.54) is 24.3 Å². The van der Waals surface area contributed by atoms with Gasteiger partial charge in [-0.15, -0.1) is 0 Å². The Kier molecular flexibility index (Phi) is 7.73. The third-order valence-electron chi connectivity index (χ3n) is 5.16. The molecule has 2 aliphatic heterocycles.